The number of benzene rings is 1. The molecule has 1 atom stereocenters. The molecule has 1 aliphatic rings. The van der Waals surface area contributed by atoms with Gasteiger partial charge in [0.15, 0.2) is 6.10 Å². The minimum absolute atomic E-state index is 0.0544. The van der Waals surface area contributed by atoms with Gasteiger partial charge in [-0.2, -0.15) is 0 Å². The van der Waals surface area contributed by atoms with E-state index in [1.165, 1.54) is 0 Å². The molecule has 1 heterocycles. The summed E-state index contributed by atoms with van der Waals surface area (Å²) in [7, 11) is 0. The van der Waals surface area contributed by atoms with Gasteiger partial charge in [-0.3, -0.25) is 4.79 Å². The van der Waals surface area contributed by atoms with Crippen LogP contribution in [0.1, 0.15) is 17.3 Å². The highest BCUT2D eigenvalue weighted by atomic mass is 79.9. The summed E-state index contributed by atoms with van der Waals surface area (Å²) in [5.74, 6) is 0.506. The van der Waals surface area contributed by atoms with Gasteiger partial charge in [0, 0.05) is 0 Å². The summed E-state index contributed by atoms with van der Waals surface area (Å²) in [6.45, 7) is 1.71. The quantitative estimate of drug-likeness (QED) is 0.717. The number of ketones is 1. The lowest BCUT2D eigenvalue weighted by atomic mass is 10.1. The molecule has 1 aromatic rings. The Morgan fingerprint density at radius 1 is 1.54 bits per heavy atom. The fraction of sp³-hybridized carbons (Fsp3) is 0.222. The second-order valence-corrected chi connectivity index (χ2v) is 4.12. The van der Waals surface area contributed by atoms with E-state index in [0.717, 1.165) is 4.47 Å². The van der Waals surface area contributed by atoms with Crippen LogP contribution in [-0.4, -0.2) is 11.9 Å². The third-order valence-electron chi connectivity index (χ3n) is 1.97. The number of halogens is 2. The molecular formula is C9H6BrClO2. The van der Waals surface area contributed by atoms with Gasteiger partial charge < -0.3 is 4.74 Å². The van der Waals surface area contributed by atoms with Gasteiger partial charge in [0.2, 0.25) is 5.78 Å². The Balaban J connectivity index is 2.68. The predicted molar refractivity (Wildman–Crippen MR) is 53.6 cm³/mol. The van der Waals surface area contributed by atoms with Gasteiger partial charge in [-0.15, -0.1) is 0 Å². The monoisotopic (exact) mass is 260 g/mol. The molecule has 1 unspecified atom stereocenters. The molecule has 0 radical (unpaired) electrons. The van der Waals surface area contributed by atoms with Crippen LogP contribution in [0.5, 0.6) is 5.75 Å². The number of carbonyl (C=O) groups excluding carboxylic acids is 1. The maximum absolute atomic E-state index is 11.5. The Morgan fingerprint density at radius 3 is 2.85 bits per heavy atom. The molecule has 0 saturated heterocycles. The molecule has 2 rings (SSSR count). The average Bonchev–Trinajstić information content (AvgIpc) is 2.38. The van der Waals surface area contributed by atoms with Crippen molar-refractivity contribution in [3.8, 4) is 5.75 Å². The lowest BCUT2D eigenvalue weighted by Crippen LogP contribution is -2.14. The molecule has 0 bridgehead atoms. The van der Waals surface area contributed by atoms with Crippen molar-refractivity contribution in [2.24, 2.45) is 0 Å². The molecule has 0 spiro atoms. The van der Waals surface area contributed by atoms with Gasteiger partial charge in [0.25, 0.3) is 0 Å². The molecule has 1 aromatic carbocycles. The molecule has 4 heteroatoms. The van der Waals surface area contributed by atoms with E-state index in [0.29, 0.717) is 16.3 Å². The molecular weight excluding hydrogens is 255 g/mol. The van der Waals surface area contributed by atoms with Crippen molar-refractivity contribution in [2.45, 2.75) is 13.0 Å². The van der Waals surface area contributed by atoms with Crippen LogP contribution >= 0.6 is 27.5 Å². The number of hydrogen-bond donors (Lipinski definition) is 0. The third-order valence-corrected chi connectivity index (χ3v) is 2.91. The first-order valence-electron chi connectivity index (χ1n) is 3.80. The topological polar surface area (TPSA) is 26.3 Å². The molecule has 68 valence electrons. The van der Waals surface area contributed by atoms with Crippen LogP contribution in [0.25, 0.3) is 0 Å². The van der Waals surface area contributed by atoms with Crippen molar-refractivity contribution in [3.63, 3.8) is 0 Å². The first kappa shape index (κ1) is 9.03. The normalized spacial score (nSPS) is 19.9. The minimum atomic E-state index is -0.425. The van der Waals surface area contributed by atoms with Crippen molar-refractivity contribution >= 4 is 33.3 Å². The molecule has 0 fully saturated rings. The molecule has 0 saturated carbocycles. The molecule has 0 aromatic heterocycles. The van der Waals surface area contributed by atoms with E-state index < -0.39 is 6.10 Å². The maximum Gasteiger partial charge on any atom is 0.208 e. The van der Waals surface area contributed by atoms with E-state index in [1.807, 2.05) is 0 Å². The van der Waals surface area contributed by atoms with E-state index in [2.05, 4.69) is 15.9 Å². The highest BCUT2D eigenvalue weighted by molar-refractivity contribution is 9.10. The number of rotatable bonds is 0. The second-order valence-electron chi connectivity index (χ2n) is 2.86. The van der Waals surface area contributed by atoms with Gasteiger partial charge in [-0.05, 0) is 35.0 Å². The zero-order valence-corrected chi connectivity index (χ0v) is 9.15. The molecule has 0 aliphatic carbocycles. The van der Waals surface area contributed by atoms with Crippen molar-refractivity contribution in [1.29, 1.82) is 0 Å². The van der Waals surface area contributed by atoms with Crippen LogP contribution < -0.4 is 4.74 Å². The highest BCUT2D eigenvalue weighted by Gasteiger charge is 2.32. The fourth-order valence-electron chi connectivity index (χ4n) is 1.31. The summed E-state index contributed by atoms with van der Waals surface area (Å²) < 4.78 is 6.12. The zero-order chi connectivity index (χ0) is 9.59. The SMILES string of the molecule is CC1Oc2c(Br)ccc(Cl)c2C1=O. The van der Waals surface area contributed by atoms with Gasteiger partial charge in [0.1, 0.15) is 5.75 Å². The fourth-order valence-corrected chi connectivity index (χ4v) is 1.98. The number of fused-ring (bicyclic) bond motifs is 1. The summed E-state index contributed by atoms with van der Waals surface area (Å²) in [5.41, 5.74) is 0.489. The first-order valence-corrected chi connectivity index (χ1v) is 4.97. The Kier molecular flexibility index (Phi) is 2.08. The predicted octanol–water partition coefficient (Wildman–Crippen LogP) is 3.07. The van der Waals surface area contributed by atoms with E-state index in [9.17, 15) is 4.79 Å². The van der Waals surface area contributed by atoms with Crippen molar-refractivity contribution < 1.29 is 9.53 Å². The smallest absolute Gasteiger partial charge is 0.208 e. The van der Waals surface area contributed by atoms with Crippen molar-refractivity contribution in [1.82, 2.24) is 0 Å². The van der Waals surface area contributed by atoms with E-state index in [4.69, 9.17) is 16.3 Å². The first-order chi connectivity index (χ1) is 6.11. The lowest BCUT2D eigenvalue weighted by molar-refractivity contribution is 0.0878. The largest absolute Gasteiger partial charge is 0.481 e. The van der Waals surface area contributed by atoms with Gasteiger partial charge in [0.05, 0.1) is 15.1 Å². The second kappa shape index (κ2) is 3.00. The summed E-state index contributed by atoms with van der Waals surface area (Å²) in [6, 6.07) is 3.45. The van der Waals surface area contributed by atoms with Crippen LogP contribution in [0, 0.1) is 0 Å². The molecule has 0 amide bonds. The number of carbonyl (C=O) groups is 1. The van der Waals surface area contributed by atoms with E-state index in [-0.39, 0.29) is 5.78 Å². The number of hydrogen-bond acceptors (Lipinski definition) is 2. The van der Waals surface area contributed by atoms with Crippen molar-refractivity contribution in [2.75, 3.05) is 0 Å². The number of Topliss-reactive ketones (excluding diaryl/α,β-unsaturated/α-hetero) is 1. The Labute approximate surface area is 89.0 Å². The highest BCUT2D eigenvalue weighted by Crippen LogP contribution is 2.39. The third kappa shape index (κ3) is 1.27. The minimum Gasteiger partial charge on any atom is -0.481 e. The van der Waals surface area contributed by atoms with Gasteiger partial charge in [-0.25, -0.2) is 0 Å². The van der Waals surface area contributed by atoms with Crippen LogP contribution in [0.4, 0.5) is 0 Å². The van der Waals surface area contributed by atoms with Crippen LogP contribution in [0.15, 0.2) is 16.6 Å². The van der Waals surface area contributed by atoms with Crippen molar-refractivity contribution in [3.05, 3.63) is 27.2 Å². The number of ether oxygens (including phenoxy) is 1. The zero-order valence-electron chi connectivity index (χ0n) is 6.80. The maximum atomic E-state index is 11.5. The molecule has 1 aliphatic heterocycles. The van der Waals surface area contributed by atoms with Gasteiger partial charge >= 0.3 is 0 Å². The average molecular weight is 262 g/mol. The summed E-state index contributed by atoms with van der Waals surface area (Å²) in [6.07, 6.45) is -0.425. The standard InChI is InChI=1S/C9H6BrClO2/c1-4-8(12)7-6(11)3-2-5(10)9(7)13-4/h2-4H,1H3. The molecule has 0 N–H and O–H groups in total. The van der Waals surface area contributed by atoms with Crippen LogP contribution in [0.3, 0.4) is 0 Å². The lowest BCUT2D eigenvalue weighted by Gasteiger charge is -2.02. The van der Waals surface area contributed by atoms with E-state index in [1.54, 1.807) is 19.1 Å². The summed E-state index contributed by atoms with van der Waals surface area (Å²) in [4.78, 5) is 11.5. The Hall–Kier alpha value is -0.540. The Bertz CT molecular complexity index is 389. The van der Waals surface area contributed by atoms with Crippen LogP contribution in [0.2, 0.25) is 5.02 Å². The van der Waals surface area contributed by atoms with Crippen LogP contribution in [-0.2, 0) is 0 Å². The molecule has 2 nitrogen and oxygen atoms in total. The van der Waals surface area contributed by atoms with E-state index >= 15 is 0 Å². The molecule has 13 heavy (non-hydrogen) atoms. The Morgan fingerprint density at radius 2 is 2.23 bits per heavy atom. The van der Waals surface area contributed by atoms with Gasteiger partial charge in [-0.1, -0.05) is 11.6 Å². The summed E-state index contributed by atoms with van der Waals surface area (Å²) >= 11 is 9.18. The summed E-state index contributed by atoms with van der Waals surface area (Å²) in [5, 5.41) is 0.451.